The lowest BCUT2D eigenvalue weighted by molar-refractivity contribution is -0.126. The Kier molecular flexibility index (Phi) is 6.98. The summed E-state index contributed by atoms with van der Waals surface area (Å²) >= 11 is 0. The van der Waals surface area contributed by atoms with Crippen LogP contribution in [0.15, 0.2) is 12.1 Å². The minimum atomic E-state index is -1.74. The fraction of sp³-hybridized carbons (Fsp3) is 0.263. The van der Waals surface area contributed by atoms with E-state index in [-0.39, 0.29) is 11.5 Å². The van der Waals surface area contributed by atoms with Crippen molar-refractivity contribution < 1.29 is 37.1 Å². The molecule has 0 spiro atoms. The number of hydrogen-bond donors (Lipinski definition) is 3. The van der Waals surface area contributed by atoms with E-state index in [1.54, 1.807) is 13.8 Å². The van der Waals surface area contributed by atoms with Gasteiger partial charge in [-0.25, -0.2) is 18.0 Å². The number of carbonyl (C=O) groups is 4. The van der Waals surface area contributed by atoms with Crippen molar-refractivity contribution in [1.29, 1.82) is 0 Å². The third-order valence-electron chi connectivity index (χ3n) is 4.08. The van der Waals surface area contributed by atoms with Gasteiger partial charge in [-0.3, -0.25) is 14.4 Å². The van der Waals surface area contributed by atoms with E-state index < -0.39 is 54.1 Å². The Labute approximate surface area is 168 Å². The molecule has 0 bridgehead atoms. The Morgan fingerprint density at radius 1 is 1.03 bits per heavy atom. The molecule has 0 unspecified atom stereocenters. The van der Waals surface area contributed by atoms with E-state index >= 15 is 0 Å². The average Bonchev–Trinajstić information content (AvgIpc) is 2.99. The zero-order chi connectivity index (χ0) is 22.6. The SMILES string of the molecule is CC(=O)c1c(C)[nH]c(C(=O)OCC(=O)NCC(=O)Nc2ccc(F)c(F)c2F)c1C. The molecule has 0 aliphatic heterocycles. The first-order valence-corrected chi connectivity index (χ1v) is 8.60. The maximum absolute atomic E-state index is 13.5. The zero-order valence-electron chi connectivity index (χ0n) is 16.2. The lowest BCUT2D eigenvalue weighted by atomic mass is 10.1. The number of hydrogen-bond acceptors (Lipinski definition) is 5. The molecule has 1 aromatic carbocycles. The molecule has 0 atom stereocenters. The summed E-state index contributed by atoms with van der Waals surface area (Å²) in [5.41, 5.74) is 0.652. The molecule has 2 rings (SSSR count). The Hall–Kier alpha value is -3.63. The molecule has 1 heterocycles. The van der Waals surface area contributed by atoms with Crippen molar-refractivity contribution in [3.05, 3.63) is 52.1 Å². The molecule has 30 heavy (non-hydrogen) atoms. The second-order valence-electron chi connectivity index (χ2n) is 6.31. The highest BCUT2D eigenvalue weighted by atomic mass is 19.2. The first kappa shape index (κ1) is 22.7. The molecule has 0 aliphatic rings. The van der Waals surface area contributed by atoms with Crippen LogP contribution in [0, 0.1) is 31.3 Å². The number of nitrogens with one attached hydrogen (secondary N) is 3. The van der Waals surface area contributed by atoms with Gasteiger partial charge in [0.15, 0.2) is 29.8 Å². The van der Waals surface area contributed by atoms with Crippen LogP contribution in [0.2, 0.25) is 0 Å². The van der Waals surface area contributed by atoms with Crippen LogP contribution in [0.5, 0.6) is 0 Å². The summed E-state index contributed by atoms with van der Waals surface area (Å²) in [6.45, 7) is 3.16. The predicted molar refractivity (Wildman–Crippen MR) is 98.5 cm³/mol. The van der Waals surface area contributed by atoms with Gasteiger partial charge in [-0.1, -0.05) is 0 Å². The summed E-state index contributed by atoms with van der Waals surface area (Å²) in [5.74, 6) is -7.59. The predicted octanol–water partition coefficient (Wildman–Crippen LogP) is 2.16. The van der Waals surface area contributed by atoms with E-state index in [0.717, 1.165) is 6.07 Å². The first-order valence-electron chi connectivity index (χ1n) is 8.60. The largest absolute Gasteiger partial charge is 0.451 e. The minimum absolute atomic E-state index is 0.0251. The molecule has 0 saturated heterocycles. The van der Waals surface area contributed by atoms with Crippen molar-refractivity contribution in [2.75, 3.05) is 18.5 Å². The number of H-pyrrole nitrogens is 1. The molecular weight excluding hydrogens is 407 g/mol. The second kappa shape index (κ2) is 9.25. The number of rotatable bonds is 7. The van der Waals surface area contributed by atoms with Gasteiger partial charge in [-0.2, -0.15) is 0 Å². The van der Waals surface area contributed by atoms with Gasteiger partial charge in [0.2, 0.25) is 5.91 Å². The highest BCUT2D eigenvalue weighted by Gasteiger charge is 2.21. The Morgan fingerprint density at radius 3 is 2.30 bits per heavy atom. The Bertz CT molecular complexity index is 1030. The fourth-order valence-electron chi connectivity index (χ4n) is 2.73. The van der Waals surface area contributed by atoms with Gasteiger partial charge in [0.1, 0.15) is 5.69 Å². The normalized spacial score (nSPS) is 10.5. The number of ketones is 1. The van der Waals surface area contributed by atoms with Gasteiger partial charge in [0, 0.05) is 11.3 Å². The first-order chi connectivity index (χ1) is 14.0. The monoisotopic (exact) mass is 425 g/mol. The van der Waals surface area contributed by atoms with E-state index in [1.165, 1.54) is 6.92 Å². The number of anilines is 1. The van der Waals surface area contributed by atoms with Crippen LogP contribution < -0.4 is 10.6 Å². The Balaban J connectivity index is 1.86. The summed E-state index contributed by atoms with van der Waals surface area (Å²) in [6, 6.07) is 1.46. The standard InChI is InChI=1S/C19H18F3N3O5/c1-8-15(10(3)26)9(2)24-18(8)19(29)30-7-14(28)23-6-13(27)25-12-5-4-11(20)16(21)17(12)22/h4-5,24H,6-7H2,1-3H3,(H,23,28)(H,25,27). The lowest BCUT2D eigenvalue weighted by Crippen LogP contribution is -2.35. The van der Waals surface area contributed by atoms with E-state index in [9.17, 15) is 32.3 Å². The molecule has 1 aromatic heterocycles. The maximum Gasteiger partial charge on any atom is 0.355 e. The molecule has 0 radical (unpaired) electrons. The summed E-state index contributed by atoms with van der Waals surface area (Å²) in [6.07, 6.45) is 0. The van der Waals surface area contributed by atoms with E-state index in [1.807, 2.05) is 5.32 Å². The molecule has 160 valence electrons. The number of esters is 1. The number of amides is 2. The maximum atomic E-state index is 13.5. The van der Waals surface area contributed by atoms with Crippen molar-refractivity contribution in [2.24, 2.45) is 0 Å². The molecule has 0 saturated carbocycles. The van der Waals surface area contributed by atoms with E-state index in [4.69, 9.17) is 4.74 Å². The van der Waals surface area contributed by atoms with Crippen LogP contribution in [-0.4, -0.2) is 41.7 Å². The second-order valence-corrected chi connectivity index (χ2v) is 6.31. The van der Waals surface area contributed by atoms with Gasteiger partial charge < -0.3 is 20.4 Å². The third kappa shape index (κ3) is 5.04. The smallest absolute Gasteiger partial charge is 0.355 e. The molecule has 0 aliphatic carbocycles. The van der Waals surface area contributed by atoms with Crippen LogP contribution in [0.1, 0.15) is 39.0 Å². The van der Waals surface area contributed by atoms with Gasteiger partial charge in [0.05, 0.1) is 12.2 Å². The van der Waals surface area contributed by atoms with E-state index in [2.05, 4.69) is 10.3 Å². The molecular formula is C19H18F3N3O5. The molecule has 2 amide bonds. The van der Waals surface area contributed by atoms with Crippen LogP contribution in [0.4, 0.5) is 18.9 Å². The minimum Gasteiger partial charge on any atom is -0.451 e. The summed E-state index contributed by atoms with van der Waals surface area (Å²) in [5, 5.41) is 4.09. The van der Waals surface area contributed by atoms with Gasteiger partial charge in [0.25, 0.3) is 5.91 Å². The number of ether oxygens (including phenoxy) is 1. The molecule has 0 fully saturated rings. The van der Waals surface area contributed by atoms with Crippen molar-refractivity contribution >= 4 is 29.3 Å². The number of benzene rings is 1. The average molecular weight is 425 g/mol. The van der Waals surface area contributed by atoms with Gasteiger partial charge >= 0.3 is 5.97 Å². The lowest BCUT2D eigenvalue weighted by Gasteiger charge is -2.09. The van der Waals surface area contributed by atoms with E-state index in [0.29, 0.717) is 22.9 Å². The van der Waals surface area contributed by atoms with Crippen molar-refractivity contribution in [2.45, 2.75) is 20.8 Å². The number of Topliss-reactive ketones (excluding diaryl/α,β-unsaturated/α-hetero) is 1. The number of carbonyl (C=O) groups excluding carboxylic acids is 4. The molecule has 11 heteroatoms. The van der Waals surface area contributed by atoms with Crippen LogP contribution in [-0.2, 0) is 14.3 Å². The topological polar surface area (TPSA) is 117 Å². The number of aromatic amines is 1. The molecule has 2 aromatic rings. The van der Waals surface area contributed by atoms with Crippen LogP contribution in [0.25, 0.3) is 0 Å². The number of halogens is 3. The van der Waals surface area contributed by atoms with Crippen molar-refractivity contribution in [3.63, 3.8) is 0 Å². The third-order valence-corrected chi connectivity index (χ3v) is 4.08. The quantitative estimate of drug-likeness (QED) is 0.357. The van der Waals surface area contributed by atoms with Crippen molar-refractivity contribution in [3.8, 4) is 0 Å². The number of aromatic nitrogens is 1. The molecule has 8 nitrogen and oxygen atoms in total. The Morgan fingerprint density at radius 2 is 1.70 bits per heavy atom. The van der Waals surface area contributed by atoms with Gasteiger partial charge in [-0.05, 0) is 38.5 Å². The zero-order valence-corrected chi connectivity index (χ0v) is 16.2. The van der Waals surface area contributed by atoms with Crippen molar-refractivity contribution in [1.82, 2.24) is 10.3 Å². The van der Waals surface area contributed by atoms with Crippen LogP contribution in [0.3, 0.4) is 0 Å². The summed E-state index contributed by atoms with van der Waals surface area (Å²) in [4.78, 5) is 49.9. The highest BCUT2D eigenvalue weighted by Crippen LogP contribution is 2.20. The summed E-state index contributed by atoms with van der Waals surface area (Å²) in [7, 11) is 0. The number of aryl methyl sites for hydroxylation is 1. The summed E-state index contributed by atoms with van der Waals surface area (Å²) < 4.78 is 44.3. The highest BCUT2D eigenvalue weighted by molar-refractivity contribution is 6.01. The molecule has 3 N–H and O–H groups in total. The van der Waals surface area contributed by atoms with Gasteiger partial charge in [-0.15, -0.1) is 0 Å². The fourth-order valence-corrected chi connectivity index (χ4v) is 2.73. The van der Waals surface area contributed by atoms with Crippen LogP contribution >= 0.6 is 0 Å².